The maximum absolute atomic E-state index is 2.44. The first kappa shape index (κ1) is 31.6. The van der Waals surface area contributed by atoms with Crippen molar-refractivity contribution < 1.29 is 0 Å². The van der Waals surface area contributed by atoms with E-state index in [1.165, 1.54) is 75.0 Å². The molecule has 0 unspecified atom stereocenters. The molecule has 258 valence electrons. The van der Waals surface area contributed by atoms with Crippen LogP contribution >= 0.6 is 11.3 Å². The highest BCUT2D eigenvalue weighted by atomic mass is 32.1. The van der Waals surface area contributed by atoms with Crippen molar-refractivity contribution in [2.45, 2.75) is 0 Å². The standard InChI is InChI=1S/C52H34N2S/c1-2-17-41-36(13-1)14-12-25-48(41)53(47-22-7-3-18-42(47)38-29-32-46-45-21-6-10-26-51(45)55-52(46)34-38)39-30-27-35(28-31-39)37-15-11-16-40(33-37)54-49-23-8-4-19-43(49)44-20-5-9-24-50(44)54/h1-34H. The van der Waals surface area contributed by atoms with Gasteiger partial charge in [-0.15, -0.1) is 11.3 Å². The average Bonchev–Trinajstić information content (AvgIpc) is 3.80. The number of hydrogen-bond donors (Lipinski definition) is 0. The summed E-state index contributed by atoms with van der Waals surface area (Å²) in [7, 11) is 0. The Kier molecular flexibility index (Phi) is 7.39. The summed E-state index contributed by atoms with van der Waals surface area (Å²) in [6.07, 6.45) is 0. The first-order valence-corrected chi connectivity index (χ1v) is 19.6. The lowest BCUT2D eigenvalue weighted by Crippen LogP contribution is -2.11. The number of thiophene rings is 1. The molecule has 2 heterocycles. The molecule has 11 aromatic rings. The zero-order valence-electron chi connectivity index (χ0n) is 29.9. The molecule has 0 N–H and O–H groups in total. The molecule has 2 aromatic heterocycles. The number of aromatic nitrogens is 1. The van der Waals surface area contributed by atoms with Crippen molar-refractivity contribution in [2.24, 2.45) is 0 Å². The monoisotopic (exact) mass is 718 g/mol. The fourth-order valence-corrected chi connectivity index (χ4v) is 9.59. The second kappa shape index (κ2) is 12.9. The third kappa shape index (κ3) is 5.24. The summed E-state index contributed by atoms with van der Waals surface area (Å²) in [5.74, 6) is 0. The van der Waals surface area contributed by atoms with Crippen molar-refractivity contribution in [3.05, 3.63) is 206 Å². The molecule has 0 saturated heterocycles. The van der Waals surface area contributed by atoms with Crippen molar-refractivity contribution in [1.29, 1.82) is 0 Å². The number of rotatable bonds is 6. The summed E-state index contributed by atoms with van der Waals surface area (Å²) in [4.78, 5) is 2.44. The highest BCUT2D eigenvalue weighted by Crippen LogP contribution is 2.45. The van der Waals surface area contributed by atoms with Gasteiger partial charge in [0.1, 0.15) is 0 Å². The third-order valence-electron chi connectivity index (χ3n) is 11.0. The molecule has 11 rings (SSSR count). The van der Waals surface area contributed by atoms with Gasteiger partial charge in [-0.2, -0.15) is 0 Å². The molecule has 0 atom stereocenters. The van der Waals surface area contributed by atoms with Crippen LogP contribution in [-0.2, 0) is 0 Å². The topological polar surface area (TPSA) is 8.17 Å². The molecule has 0 spiro atoms. The molecule has 0 aliphatic carbocycles. The molecule has 0 bridgehead atoms. The Morgan fingerprint density at radius 2 is 0.964 bits per heavy atom. The van der Waals surface area contributed by atoms with Crippen LogP contribution in [0.15, 0.2) is 206 Å². The zero-order chi connectivity index (χ0) is 36.3. The molecule has 0 fully saturated rings. The Balaban J connectivity index is 1.04. The van der Waals surface area contributed by atoms with Crippen molar-refractivity contribution in [2.75, 3.05) is 4.90 Å². The second-order valence-corrected chi connectivity index (χ2v) is 15.2. The fourth-order valence-electron chi connectivity index (χ4n) is 8.45. The molecule has 0 radical (unpaired) electrons. The van der Waals surface area contributed by atoms with Crippen LogP contribution in [0.1, 0.15) is 0 Å². The maximum Gasteiger partial charge on any atom is 0.0541 e. The van der Waals surface area contributed by atoms with E-state index < -0.39 is 0 Å². The minimum Gasteiger partial charge on any atom is -0.309 e. The minimum absolute atomic E-state index is 1.11. The normalized spacial score (nSPS) is 11.6. The maximum atomic E-state index is 2.44. The van der Waals surface area contributed by atoms with Crippen LogP contribution in [0.5, 0.6) is 0 Å². The van der Waals surface area contributed by atoms with Gasteiger partial charge in [-0.05, 0) is 82.7 Å². The summed E-state index contributed by atoms with van der Waals surface area (Å²) in [5.41, 5.74) is 11.7. The van der Waals surface area contributed by atoms with Gasteiger partial charge in [-0.25, -0.2) is 0 Å². The van der Waals surface area contributed by atoms with Gasteiger partial charge in [0.25, 0.3) is 0 Å². The summed E-state index contributed by atoms with van der Waals surface area (Å²) in [6, 6.07) is 75.2. The minimum atomic E-state index is 1.11. The van der Waals surface area contributed by atoms with Crippen molar-refractivity contribution >= 4 is 81.1 Å². The number of fused-ring (bicyclic) bond motifs is 7. The quantitative estimate of drug-likeness (QED) is 0.166. The Morgan fingerprint density at radius 1 is 0.364 bits per heavy atom. The second-order valence-electron chi connectivity index (χ2n) is 14.1. The number of nitrogens with zero attached hydrogens (tertiary/aromatic N) is 2. The average molecular weight is 719 g/mol. The van der Waals surface area contributed by atoms with Crippen molar-refractivity contribution in [1.82, 2.24) is 4.57 Å². The first-order valence-electron chi connectivity index (χ1n) is 18.8. The SMILES string of the molecule is c1cc(-c2ccc(N(c3ccccc3-c3ccc4c(c3)sc3ccccc34)c3cccc4ccccc34)cc2)cc(-n2c3ccccc3c3ccccc32)c1. The molecule has 9 aromatic carbocycles. The molecule has 0 saturated carbocycles. The lowest BCUT2D eigenvalue weighted by Gasteiger charge is -2.29. The van der Waals surface area contributed by atoms with Crippen LogP contribution < -0.4 is 4.90 Å². The van der Waals surface area contributed by atoms with Crippen LogP contribution in [-0.4, -0.2) is 4.57 Å². The lowest BCUT2D eigenvalue weighted by atomic mass is 9.99. The van der Waals surface area contributed by atoms with E-state index in [4.69, 9.17) is 0 Å². The van der Waals surface area contributed by atoms with E-state index >= 15 is 0 Å². The van der Waals surface area contributed by atoms with Crippen molar-refractivity contribution in [3.63, 3.8) is 0 Å². The van der Waals surface area contributed by atoms with Crippen LogP contribution in [0.3, 0.4) is 0 Å². The summed E-state index contributed by atoms with van der Waals surface area (Å²) in [5, 5.41) is 7.59. The number of benzene rings is 9. The number of para-hydroxylation sites is 3. The molecule has 0 aliphatic rings. The highest BCUT2D eigenvalue weighted by molar-refractivity contribution is 7.25. The smallest absolute Gasteiger partial charge is 0.0541 e. The molecule has 0 aliphatic heterocycles. The Bertz CT molecular complexity index is 3160. The van der Waals surface area contributed by atoms with Crippen LogP contribution in [0.2, 0.25) is 0 Å². The predicted octanol–water partition coefficient (Wildman–Crippen LogP) is 15.1. The van der Waals surface area contributed by atoms with Crippen LogP contribution in [0.25, 0.3) is 80.7 Å². The van der Waals surface area contributed by atoms with E-state index in [2.05, 4.69) is 216 Å². The number of hydrogen-bond acceptors (Lipinski definition) is 2. The molecule has 2 nitrogen and oxygen atoms in total. The van der Waals surface area contributed by atoms with Crippen LogP contribution in [0.4, 0.5) is 17.1 Å². The van der Waals surface area contributed by atoms with Gasteiger partial charge >= 0.3 is 0 Å². The molecule has 0 amide bonds. The molecular formula is C52H34N2S. The molecular weight excluding hydrogens is 685 g/mol. The van der Waals surface area contributed by atoms with E-state index in [-0.39, 0.29) is 0 Å². The molecule has 55 heavy (non-hydrogen) atoms. The van der Waals surface area contributed by atoms with Gasteiger partial charge < -0.3 is 9.47 Å². The predicted molar refractivity (Wildman–Crippen MR) is 237 cm³/mol. The van der Waals surface area contributed by atoms with E-state index in [0.717, 1.165) is 22.7 Å². The van der Waals surface area contributed by atoms with E-state index in [1.807, 2.05) is 11.3 Å². The van der Waals surface area contributed by atoms with Crippen LogP contribution in [0, 0.1) is 0 Å². The summed E-state index contributed by atoms with van der Waals surface area (Å²) in [6.45, 7) is 0. The zero-order valence-corrected chi connectivity index (χ0v) is 30.7. The van der Waals surface area contributed by atoms with E-state index in [0.29, 0.717) is 0 Å². The van der Waals surface area contributed by atoms with E-state index in [9.17, 15) is 0 Å². The Hall–Kier alpha value is -6.94. The van der Waals surface area contributed by atoms with Gasteiger partial charge in [0.05, 0.1) is 22.4 Å². The van der Waals surface area contributed by atoms with E-state index in [1.54, 1.807) is 0 Å². The highest BCUT2D eigenvalue weighted by Gasteiger charge is 2.20. The van der Waals surface area contributed by atoms with Gasteiger partial charge in [0.2, 0.25) is 0 Å². The van der Waals surface area contributed by atoms with Crippen molar-refractivity contribution in [3.8, 4) is 27.9 Å². The summed E-state index contributed by atoms with van der Waals surface area (Å²) >= 11 is 1.86. The van der Waals surface area contributed by atoms with Gasteiger partial charge in [0.15, 0.2) is 0 Å². The number of anilines is 3. The van der Waals surface area contributed by atoms with Gasteiger partial charge in [0, 0.05) is 53.3 Å². The van der Waals surface area contributed by atoms with Gasteiger partial charge in [-0.1, -0.05) is 146 Å². The third-order valence-corrected chi connectivity index (χ3v) is 12.1. The first-order chi connectivity index (χ1) is 27.3. The fraction of sp³-hybridized carbons (Fsp3) is 0. The Morgan fingerprint density at radius 3 is 1.78 bits per heavy atom. The molecule has 3 heteroatoms. The van der Waals surface area contributed by atoms with Gasteiger partial charge in [-0.3, -0.25) is 0 Å². The largest absolute Gasteiger partial charge is 0.309 e. The summed E-state index contributed by atoms with van der Waals surface area (Å²) < 4.78 is 5.01. The Labute approximate surface area is 323 Å². The lowest BCUT2D eigenvalue weighted by molar-refractivity contribution is 1.18.